The van der Waals surface area contributed by atoms with E-state index < -0.39 is 0 Å². The number of hydrogen-bond acceptors (Lipinski definition) is 4. The number of amides is 1. The van der Waals surface area contributed by atoms with Crippen LogP contribution in [0.1, 0.15) is 24.2 Å². The number of nitrogens with zero attached hydrogens (tertiary/aromatic N) is 2. The Morgan fingerprint density at radius 1 is 1.26 bits per heavy atom. The smallest absolute Gasteiger partial charge is 0.251 e. The van der Waals surface area contributed by atoms with Crippen LogP contribution in [0, 0.1) is 0 Å². The van der Waals surface area contributed by atoms with Gasteiger partial charge in [-0.1, -0.05) is 11.6 Å². The number of aromatic nitrogens is 2. The first kappa shape index (κ1) is 17.1. The molecule has 6 nitrogen and oxygen atoms in total. The normalized spacial score (nSPS) is 10.4. The minimum atomic E-state index is -0.174. The van der Waals surface area contributed by atoms with E-state index in [9.17, 15) is 4.79 Å². The summed E-state index contributed by atoms with van der Waals surface area (Å²) >= 11 is 5.79. The molecular formula is C16H20ClN3O3. The molecule has 23 heavy (non-hydrogen) atoms. The highest BCUT2D eigenvalue weighted by atomic mass is 35.5. The lowest BCUT2D eigenvalue weighted by atomic mass is 10.2. The fourth-order valence-corrected chi connectivity index (χ4v) is 2.20. The Hall–Kier alpha value is -2.21. The van der Waals surface area contributed by atoms with Crippen LogP contribution in [-0.2, 0) is 6.54 Å². The van der Waals surface area contributed by atoms with E-state index >= 15 is 0 Å². The molecule has 1 heterocycles. The minimum Gasteiger partial charge on any atom is -0.490 e. The van der Waals surface area contributed by atoms with Crippen molar-refractivity contribution in [2.75, 3.05) is 19.8 Å². The van der Waals surface area contributed by atoms with Gasteiger partial charge in [0.2, 0.25) is 0 Å². The van der Waals surface area contributed by atoms with Crippen LogP contribution in [0.4, 0.5) is 0 Å². The van der Waals surface area contributed by atoms with Crippen molar-refractivity contribution >= 4 is 17.5 Å². The average Bonchev–Trinajstić information content (AvgIpc) is 2.95. The predicted molar refractivity (Wildman–Crippen MR) is 88.4 cm³/mol. The number of hydrogen-bond donors (Lipinski definition) is 1. The van der Waals surface area contributed by atoms with Gasteiger partial charge in [0, 0.05) is 18.3 Å². The second-order valence-electron chi connectivity index (χ2n) is 4.71. The van der Waals surface area contributed by atoms with Crippen LogP contribution in [-0.4, -0.2) is 35.4 Å². The molecule has 0 atom stereocenters. The van der Waals surface area contributed by atoms with Gasteiger partial charge in [0.25, 0.3) is 5.91 Å². The van der Waals surface area contributed by atoms with Gasteiger partial charge < -0.3 is 14.8 Å². The Morgan fingerprint density at radius 2 is 2.00 bits per heavy atom. The minimum absolute atomic E-state index is 0.174. The van der Waals surface area contributed by atoms with Crippen molar-refractivity contribution in [2.45, 2.75) is 20.4 Å². The van der Waals surface area contributed by atoms with Crippen LogP contribution in [0.2, 0.25) is 5.02 Å². The number of halogens is 1. The Labute approximate surface area is 140 Å². The molecule has 2 rings (SSSR count). The third kappa shape index (κ3) is 4.89. The molecule has 0 spiro atoms. The predicted octanol–water partition coefficient (Wildman–Crippen LogP) is 2.76. The summed E-state index contributed by atoms with van der Waals surface area (Å²) in [6.07, 6.45) is 3.27. The molecule has 1 N–H and O–H groups in total. The van der Waals surface area contributed by atoms with Gasteiger partial charge in [0.15, 0.2) is 11.5 Å². The lowest BCUT2D eigenvalue weighted by molar-refractivity contribution is 0.0951. The Bertz CT molecular complexity index is 658. The van der Waals surface area contributed by atoms with Crippen molar-refractivity contribution in [3.8, 4) is 11.5 Å². The molecule has 0 saturated carbocycles. The summed E-state index contributed by atoms with van der Waals surface area (Å²) in [5, 5.41) is 7.46. The Morgan fingerprint density at radius 3 is 2.65 bits per heavy atom. The van der Waals surface area contributed by atoms with Gasteiger partial charge in [-0.3, -0.25) is 9.48 Å². The van der Waals surface area contributed by atoms with Gasteiger partial charge in [-0.25, -0.2) is 0 Å². The molecule has 0 aliphatic rings. The maximum absolute atomic E-state index is 12.2. The fraction of sp³-hybridized carbons (Fsp3) is 0.375. The van der Waals surface area contributed by atoms with Gasteiger partial charge >= 0.3 is 0 Å². The SMILES string of the molecule is CCOc1ccc(C(=O)NCCn2cc(Cl)cn2)cc1OCC. The second-order valence-corrected chi connectivity index (χ2v) is 5.14. The highest BCUT2D eigenvalue weighted by molar-refractivity contribution is 6.30. The summed E-state index contributed by atoms with van der Waals surface area (Å²) in [6.45, 7) is 5.83. The monoisotopic (exact) mass is 337 g/mol. The van der Waals surface area contributed by atoms with E-state index in [1.807, 2.05) is 13.8 Å². The second kappa shape index (κ2) is 8.43. The molecule has 1 aromatic heterocycles. The van der Waals surface area contributed by atoms with Crippen molar-refractivity contribution in [1.29, 1.82) is 0 Å². The van der Waals surface area contributed by atoms with E-state index in [1.165, 1.54) is 0 Å². The van der Waals surface area contributed by atoms with Gasteiger partial charge in [-0.2, -0.15) is 5.10 Å². The standard InChI is InChI=1S/C16H20ClN3O3/c1-3-22-14-6-5-12(9-15(14)23-4-2)16(21)18-7-8-20-11-13(17)10-19-20/h5-6,9-11H,3-4,7-8H2,1-2H3,(H,18,21). The largest absolute Gasteiger partial charge is 0.490 e. The summed E-state index contributed by atoms with van der Waals surface area (Å²) in [7, 11) is 0. The third-order valence-electron chi connectivity index (χ3n) is 3.03. The van der Waals surface area contributed by atoms with Crippen molar-refractivity contribution in [3.63, 3.8) is 0 Å². The maximum Gasteiger partial charge on any atom is 0.251 e. The van der Waals surface area contributed by atoms with Crippen LogP contribution < -0.4 is 14.8 Å². The van der Waals surface area contributed by atoms with Crippen LogP contribution >= 0.6 is 11.6 Å². The van der Waals surface area contributed by atoms with Crippen LogP contribution in [0.3, 0.4) is 0 Å². The summed E-state index contributed by atoms with van der Waals surface area (Å²) in [5.41, 5.74) is 0.524. The van der Waals surface area contributed by atoms with Gasteiger partial charge in [-0.15, -0.1) is 0 Å². The van der Waals surface area contributed by atoms with E-state index in [-0.39, 0.29) is 5.91 Å². The summed E-state index contributed by atoms with van der Waals surface area (Å²) in [4.78, 5) is 12.2. The third-order valence-corrected chi connectivity index (χ3v) is 3.23. The molecule has 2 aromatic rings. The molecule has 0 bridgehead atoms. The first-order valence-corrected chi connectivity index (χ1v) is 7.87. The molecule has 1 aromatic carbocycles. The number of ether oxygens (including phenoxy) is 2. The molecule has 1 amide bonds. The van der Waals surface area contributed by atoms with E-state index in [1.54, 1.807) is 35.3 Å². The Balaban J connectivity index is 1.96. The van der Waals surface area contributed by atoms with Crippen LogP contribution in [0.25, 0.3) is 0 Å². The van der Waals surface area contributed by atoms with E-state index in [0.717, 1.165) is 0 Å². The molecule has 0 radical (unpaired) electrons. The number of carbonyl (C=O) groups is 1. The number of benzene rings is 1. The zero-order valence-corrected chi connectivity index (χ0v) is 14.0. The zero-order valence-electron chi connectivity index (χ0n) is 13.2. The van der Waals surface area contributed by atoms with E-state index in [4.69, 9.17) is 21.1 Å². The lowest BCUT2D eigenvalue weighted by Crippen LogP contribution is -2.27. The summed E-state index contributed by atoms with van der Waals surface area (Å²) in [5.74, 6) is 1.03. The van der Waals surface area contributed by atoms with Crippen molar-refractivity contribution in [2.24, 2.45) is 0 Å². The fourth-order valence-electron chi connectivity index (χ4n) is 2.04. The zero-order chi connectivity index (χ0) is 16.7. The molecule has 0 fully saturated rings. The van der Waals surface area contributed by atoms with Gasteiger partial charge in [0.05, 0.1) is 31.0 Å². The highest BCUT2D eigenvalue weighted by Crippen LogP contribution is 2.28. The molecule has 0 aliphatic heterocycles. The van der Waals surface area contributed by atoms with E-state index in [0.29, 0.717) is 48.4 Å². The Kier molecular flexibility index (Phi) is 6.29. The quantitative estimate of drug-likeness (QED) is 0.804. The molecule has 124 valence electrons. The maximum atomic E-state index is 12.2. The van der Waals surface area contributed by atoms with Crippen molar-refractivity contribution in [1.82, 2.24) is 15.1 Å². The topological polar surface area (TPSA) is 65.4 Å². The van der Waals surface area contributed by atoms with Crippen molar-refractivity contribution < 1.29 is 14.3 Å². The molecule has 0 unspecified atom stereocenters. The van der Waals surface area contributed by atoms with Crippen LogP contribution in [0.15, 0.2) is 30.6 Å². The van der Waals surface area contributed by atoms with Gasteiger partial charge in [-0.05, 0) is 32.0 Å². The molecule has 0 aliphatic carbocycles. The van der Waals surface area contributed by atoms with Crippen molar-refractivity contribution in [3.05, 3.63) is 41.2 Å². The first-order chi connectivity index (χ1) is 11.1. The summed E-state index contributed by atoms with van der Waals surface area (Å²) < 4.78 is 12.7. The molecule has 0 saturated heterocycles. The first-order valence-electron chi connectivity index (χ1n) is 7.49. The summed E-state index contributed by atoms with van der Waals surface area (Å²) in [6, 6.07) is 5.15. The molecule has 7 heteroatoms. The van der Waals surface area contributed by atoms with E-state index in [2.05, 4.69) is 10.4 Å². The number of carbonyl (C=O) groups excluding carboxylic acids is 1. The highest BCUT2D eigenvalue weighted by Gasteiger charge is 2.11. The van der Waals surface area contributed by atoms with Crippen LogP contribution in [0.5, 0.6) is 11.5 Å². The van der Waals surface area contributed by atoms with Gasteiger partial charge in [0.1, 0.15) is 0 Å². The lowest BCUT2D eigenvalue weighted by Gasteiger charge is -2.12. The number of nitrogens with one attached hydrogen (secondary N) is 1. The number of rotatable bonds is 8. The molecular weight excluding hydrogens is 318 g/mol. The average molecular weight is 338 g/mol.